The Bertz CT molecular complexity index is 535. The molecule has 0 spiro atoms. The van der Waals surface area contributed by atoms with Crippen LogP contribution in [-0.2, 0) is 0 Å². The minimum atomic E-state index is -0.589. The van der Waals surface area contributed by atoms with Gasteiger partial charge in [-0.05, 0) is 28.0 Å². The third kappa shape index (κ3) is 2.62. The summed E-state index contributed by atoms with van der Waals surface area (Å²) in [5, 5.41) is 10.3. The maximum atomic E-state index is 11.4. The first-order valence-electron chi connectivity index (χ1n) is 4.59. The third-order valence-corrected chi connectivity index (χ3v) is 1.81. The van der Waals surface area contributed by atoms with Crippen LogP contribution >= 0.6 is 0 Å². The van der Waals surface area contributed by atoms with Gasteiger partial charge in [0.1, 0.15) is 0 Å². The van der Waals surface area contributed by atoms with Gasteiger partial charge < -0.3 is 5.73 Å². The second-order valence-corrected chi connectivity index (χ2v) is 2.98. The summed E-state index contributed by atoms with van der Waals surface area (Å²) < 4.78 is 4.29. The van der Waals surface area contributed by atoms with Crippen LogP contribution in [0.1, 0.15) is 16.1 Å². The van der Waals surface area contributed by atoms with E-state index < -0.39 is 5.91 Å². The first-order chi connectivity index (χ1) is 8.27. The van der Waals surface area contributed by atoms with E-state index in [2.05, 4.69) is 30.5 Å². The van der Waals surface area contributed by atoms with Crippen LogP contribution in [0.5, 0.6) is 0 Å². The number of rotatable bonds is 3. The molecule has 3 N–H and O–H groups in total. The molecule has 0 aliphatic carbocycles. The number of amides is 1. The van der Waals surface area contributed by atoms with Gasteiger partial charge in [0.25, 0.3) is 5.91 Å². The van der Waals surface area contributed by atoms with Crippen LogP contribution in [-0.4, -0.2) is 27.4 Å². The number of nitrogens with zero attached hydrogens (tertiary/aromatic N) is 4. The van der Waals surface area contributed by atoms with Crippen LogP contribution in [0.4, 0.5) is 5.82 Å². The van der Waals surface area contributed by atoms with E-state index in [-0.39, 0.29) is 11.5 Å². The summed E-state index contributed by atoms with van der Waals surface area (Å²) in [7, 11) is 0. The fourth-order valence-corrected chi connectivity index (χ4v) is 1.02. The molecule has 0 aliphatic rings. The van der Waals surface area contributed by atoms with Crippen LogP contribution in [0.2, 0.25) is 0 Å². The van der Waals surface area contributed by atoms with Gasteiger partial charge in [0.05, 0.1) is 6.21 Å². The van der Waals surface area contributed by atoms with Gasteiger partial charge >= 0.3 is 0 Å². The molecule has 86 valence electrons. The van der Waals surface area contributed by atoms with Crippen molar-refractivity contribution < 1.29 is 9.42 Å². The van der Waals surface area contributed by atoms with Gasteiger partial charge in [-0.3, -0.25) is 9.78 Å². The van der Waals surface area contributed by atoms with Crippen molar-refractivity contribution in [2.45, 2.75) is 0 Å². The van der Waals surface area contributed by atoms with Crippen LogP contribution in [0.25, 0.3) is 0 Å². The first kappa shape index (κ1) is 10.7. The molecule has 0 unspecified atom stereocenters. The van der Waals surface area contributed by atoms with Crippen molar-refractivity contribution in [1.29, 1.82) is 0 Å². The summed E-state index contributed by atoms with van der Waals surface area (Å²) in [6.45, 7) is 0. The zero-order chi connectivity index (χ0) is 12.1. The Labute approximate surface area is 95.5 Å². The number of nitrogens with one attached hydrogen (secondary N) is 1. The largest absolute Gasteiger partial charge is 0.379 e. The van der Waals surface area contributed by atoms with E-state index in [1.165, 1.54) is 6.21 Å². The lowest BCUT2D eigenvalue weighted by Gasteiger charge is -1.94. The summed E-state index contributed by atoms with van der Waals surface area (Å²) >= 11 is 0. The predicted octanol–water partition coefficient (Wildman–Crippen LogP) is -0.189. The Morgan fingerprint density at radius 3 is 2.82 bits per heavy atom. The van der Waals surface area contributed by atoms with Gasteiger partial charge in [-0.15, -0.1) is 0 Å². The van der Waals surface area contributed by atoms with E-state index in [4.69, 9.17) is 5.73 Å². The highest BCUT2D eigenvalue weighted by molar-refractivity contribution is 5.96. The average Bonchev–Trinajstić information content (AvgIpc) is 2.77. The molecule has 0 aromatic carbocycles. The van der Waals surface area contributed by atoms with Gasteiger partial charge in [-0.1, -0.05) is 0 Å². The SMILES string of the molecule is Nc1nonc1C(=O)N/N=C\c1ccncc1. The van der Waals surface area contributed by atoms with E-state index in [0.717, 1.165) is 5.56 Å². The lowest BCUT2D eigenvalue weighted by atomic mass is 10.3. The maximum absolute atomic E-state index is 11.4. The Balaban J connectivity index is 1.98. The van der Waals surface area contributed by atoms with E-state index in [1.54, 1.807) is 24.5 Å². The number of anilines is 1. The molecule has 2 rings (SSSR count). The molecule has 2 aromatic heterocycles. The van der Waals surface area contributed by atoms with Gasteiger partial charge in [0.15, 0.2) is 0 Å². The number of carbonyl (C=O) groups is 1. The lowest BCUT2D eigenvalue weighted by Crippen LogP contribution is -2.19. The van der Waals surface area contributed by atoms with Crippen molar-refractivity contribution in [2.75, 3.05) is 5.73 Å². The van der Waals surface area contributed by atoms with Crippen LogP contribution in [0.3, 0.4) is 0 Å². The normalized spacial score (nSPS) is 10.6. The first-order valence-corrected chi connectivity index (χ1v) is 4.59. The number of hydrazone groups is 1. The van der Waals surface area contributed by atoms with Crippen LogP contribution in [0.15, 0.2) is 34.3 Å². The second-order valence-electron chi connectivity index (χ2n) is 2.98. The molecular weight excluding hydrogens is 224 g/mol. The minimum absolute atomic E-state index is 0.0818. The lowest BCUT2D eigenvalue weighted by molar-refractivity contribution is 0.0946. The molecule has 0 atom stereocenters. The Kier molecular flexibility index (Phi) is 3.05. The highest BCUT2D eigenvalue weighted by atomic mass is 16.6. The summed E-state index contributed by atoms with van der Waals surface area (Å²) in [6.07, 6.45) is 4.69. The van der Waals surface area contributed by atoms with E-state index >= 15 is 0 Å². The molecule has 17 heavy (non-hydrogen) atoms. The van der Waals surface area contributed by atoms with Gasteiger partial charge in [0, 0.05) is 12.4 Å². The molecule has 0 radical (unpaired) electrons. The van der Waals surface area contributed by atoms with Gasteiger partial charge in [0.2, 0.25) is 11.5 Å². The Morgan fingerprint density at radius 1 is 1.41 bits per heavy atom. The van der Waals surface area contributed by atoms with E-state index in [1.807, 2.05) is 0 Å². The number of nitrogens with two attached hydrogens (primary N) is 1. The molecule has 2 heterocycles. The maximum Gasteiger partial charge on any atom is 0.297 e. The zero-order valence-electron chi connectivity index (χ0n) is 8.57. The minimum Gasteiger partial charge on any atom is -0.379 e. The molecular formula is C9H8N6O2. The number of carbonyl (C=O) groups excluding carboxylic acids is 1. The Hall–Kier alpha value is -2.77. The predicted molar refractivity (Wildman–Crippen MR) is 58.0 cm³/mol. The number of pyridine rings is 1. The van der Waals surface area contributed by atoms with Crippen molar-refractivity contribution >= 4 is 17.9 Å². The van der Waals surface area contributed by atoms with Crippen molar-refractivity contribution in [1.82, 2.24) is 20.7 Å². The summed E-state index contributed by atoms with van der Waals surface area (Å²) in [5.74, 6) is -0.671. The standard InChI is InChI=1S/C9H8N6O2/c10-8-7(14-17-15-8)9(16)13-12-5-6-1-3-11-4-2-6/h1-5H,(H2,10,15)(H,13,16)/b12-5-. The molecule has 8 nitrogen and oxygen atoms in total. The zero-order valence-corrected chi connectivity index (χ0v) is 8.57. The van der Waals surface area contributed by atoms with Gasteiger partial charge in [-0.25, -0.2) is 10.1 Å². The van der Waals surface area contributed by atoms with Crippen LogP contribution < -0.4 is 11.2 Å². The topological polar surface area (TPSA) is 119 Å². The number of nitrogen functional groups attached to an aromatic ring is 1. The fourth-order valence-electron chi connectivity index (χ4n) is 1.02. The molecule has 0 saturated heterocycles. The van der Waals surface area contributed by atoms with Crippen molar-refractivity contribution in [3.8, 4) is 0 Å². The monoisotopic (exact) mass is 232 g/mol. The molecule has 1 amide bonds. The number of aromatic nitrogens is 3. The van der Waals surface area contributed by atoms with Crippen LogP contribution in [0, 0.1) is 0 Å². The van der Waals surface area contributed by atoms with E-state index in [9.17, 15) is 4.79 Å². The Morgan fingerprint density at radius 2 is 2.18 bits per heavy atom. The summed E-state index contributed by atoms with van der Waals surface area (Å²) in [5.41, 5.74) is 8.28. The molecule has 0 saturated carbocycles. The smallest absolute Gasteiger partial charge is 0.297 e. The fraction of sp³-hybridized carbons (Fsp3) is 0. The highest BCUT2D eigenvalue weighted by Crippen LogP contribution is 2.02. The molecule has 0 bridgehead atoms. The molecule has 0 fully saturated rings. The summed E-state index contributed by atoms with van der Waals surface area (Å²) in [6, 6.07) is 3.48. The third-order valence-electron chi connectivity index (χ3n) is 1.81. The molecule has 0 aliphatic heterocycles. The van der Waals surface area contributed by atoms with Crippen molar-refractivity contribution in [3.05, 3.63) is 35.8 Å². The highest BCUT2D eigenvalue weighted by Gasteiger charge is 2.14. The molecule has 2 aromatic rings. The number of hydrogen-bond donors (Lipinski definition) is 2. The quantitative estimate of drug-likeness (QED) is 0.559. The van der Waals surface area contributed by atoms with E-state index in [0.29, 0.717) is 0 Å². The van der Waals surface area contributed by atoms with Crippen molar-refractivity contribution in [2.24, 2.45) is 5.10 Å². The number of hydrogen-bond acceptors (Lipinski definition) is 7. The second kappa shape index (κ2) is 4.84. The van der Waals surface area contributed by atoms with Crippen molar-refractivity contribution in [3.63, 3.8) is 0 Å². The molecule has 8 heteroatoms. The summed E-state index contributed by atoms with van der Waals surface area (Å²) in [4.78, 5) is 15.3. The van der Waals surface area contributed by atoms with Gasteiger partial charge in [-0.2, -0.15) is 5.10 Å². The average molecular weight is 232 g/mol.